The van der Waals surface area contributed by atoms with Gasteiger partial charge in [0, 0.05) is 12.1 Å². The number of ether oxygens (including phenoxy) is 5. The maximum absolute atomic E-state index is 12.7. The first kappa shape index (κ1) is 21.9. The molecule has 0 spiro atoms. The molecule has 2 aromatic carbocycles. The number of hydrogen-bond acceptors (Lipinski definition) is 8. The summed E-state index contributed by atoms with van der Waals surface area (Å²) in [4.78, 5) is 12.7. The summed E-state index contributed by atoms with van der Waals surface area (Å²) >= 11 is 0. The topological polar surface area (TPSA) is 95.5 Å². The number of hydrogen-bond donors (Lipinski definition) is 2. The smallest absolute Gasteiger partial charge is 0.203 e. The molecule has 0 unspecified atom stereocenters. The van der Waals surface area contributed by atoms with Gasteiger partial charge >= 0.3 is 0 Å². The molecule has 0 aliphatic carbocycles. The minimum Gasteiger partial charge on any atom is -0.507 e. The fraction of sp³-hybridized carbons (Fsp3) is 0.286. The zero-order valence-electron chi connectivity index (χ0n) is 17.1. The van der Waals surface area contributed by atoms with Crippen LogP contribution in [0.2, 0.25) is 0 Å². The predicted molar refractivity (Wildman–Crippen MR) is 109 cm³/mol. The minimum atomic E-state index is -0.437. The highest BCUT2D eigenvalue weighted by Crippen LogP contribution is 2.39. The molecular weight excluding hydrogens is 378 g/mol. The summed E-state index contributed by atoms with van der Waals surface area (Å²) in [5.41, 5.74) is 0.688. The molecule has 0 aliphatic rings. The van der Waals surface area contributed by atoms with E-state index in [0.717, 1.165) is 0 Å². The summed E-state index contributed by atoms with van der Waals surface area (Å²) in [6.45, 7) is 0.247. The zero-order valence-corrected chi connectivity index (χ0v) is 17.1. The van der Waals surface area contributed by atoms with Crippen LogP contribution in [0.15, 0.2) is 30.3 Å². The van der Waals surface area contributed by atoms with Gasteiger partial charge in [0.25, 0.3) is 0 Å². The van der Waals surface area contributed by atoms with Gasteiger partial charge in [-0.3, -0.25) is 10.1 Å². The highest BCUT2D eigenvalue weighted by molar-refractivity contribution is 6.10. The van der Waals surface area contributed by atoms with Gasteiger partial charge in [0.05, 0.1) is 28.4 Å². The Hall–Kier alpha value is -3.39. The molecular formula is C21H25NO7. The molecule has 0 atom stereocenters. The van der Waals surface area contributed by atoms with Crippen LogP contribution in [0, 0.1) is 0 Å². The fourth-order valence-electron chi connectivity index (χ4n) is 2.68. The predicted octanol–water partition coefficient (Wildman–Crippen LogP) is 2.88. The van der Waals surface area contributed by atoms with Crippen LogP contribution in [0.25, 0.3) is 6.08 Å². The lowest BCUT2D eigenvalue weighted by molar-refractivity contribution is 0.104. The van der Waals surface area contributed by atoms with Crippen LogP contribution in [0.4, 0.5) is 0 Å². The number of aromatic hydroxyl groups is 1. The number of ketones is 1. The normalized spacial score (nSPS) is 10.7. The lowest BCUT2D eigenvalue weighted by Crippen LogP contribution is -2.14. The first-order chi connectivity index (χ1) is 14.0. The van der Waals surface area contributed by atoms with E-state index in [0.29, 0.717) is 28.6 Å². The fourth-order valence-corrected chi connectivity index (χ4v) is 2.68. The number of allylic oxidation sites excluding steroid dienone is 1. The molecule has 8 heteroatoms. The number of phenolic OH excluding ortho intramolecular Hbond substituents is 1. The van der Waals surface area contributed by atoms with Crippen LogP contribution >= 0.6 is 0 Å². The van der Waals surface area contributed by atoms with E-state index < -0.39 is 5.78 Å². The summed E-state index contributed by atoms with van der Waals surface area (Å²) in [5.74, 6) is 1.28. The average Bonchev–Trinajstić information content (AvgIpc) is 2.74. The van der Waals surface area contributed by atoms with Gasteiger partial charge < -0.3 is 28.8 Å². The molecule has 29 heavy (non-hydrogen) atoms. The van der Waals surface area contributed by atoms with Crippen LogP contribution in [0.5, 0.6) is 34.5 Å². The number of phenols is 1. The molecule has 2 N–H and O–H groups in total. The standard InChI is InChI=1S/C21H25NO7/c1-22-12-29-14-10-16(24)20(17(11-14)25-2)15(23)7-6-13-8-18(26-3)21(28-5)19(9-13)27-4/h6-11,22,24H,12H2,1-5H3. The summed E-state index contributed by atoms with van der Waals surface area (Å²) in [6.07, 6.45) is 2.91. The van der Waals surface area contributed by atoms with E-state index in [-0.39, 0.29) is 23.8 Å². The Bertz CT molecular complexity index is 868. The molecule has 0 heterocycles. The summed E-state index contributed by atoms with van der Waals surface area (Å²) in [6, 6.07) is 6.31. The quantitative estimate of drug-likeness (QED) is 0.355. The third-order valence-electron chi connectivity index (χ3n) is 4.02. The van der Waals surface area contributed by atoms with E-state index in [1.54, 1.807) is 25.3 Å². The van der Waals surface area contributed by atoms with Gasteiger partial charge in [-0.1, -0.05) is 6.08 Å². The van der Waals surface area contributed by atoms with Crippen molar-refractivity contribution in [1.82, 2.24) is 5.32 Å². The molecule has 0 saturated carbocycles. The Morgan fingerprint density at radius 2 is 1.59 bits per heavy atom. The van der Waals surface area contributed by atoms with Crippen molar-refractivity contribution in [2.24, 2.45) is 0 Å². The van der Waals surface area contributed by atoms with Crippen molar-refractivity contribution >= 4 is 11.9 Å². The van der Waals surface area contributed by atoms with Gasteiger partial charge in [0.1, 0.15) is 29.5 Å². The molecule has 0 aliphatic heterocycles. The Labute approximate surface area is 169 Å². The van der Waals surface area contributed by atoms with Gasteiger partial charge in [-0.25, -0.2) is 0 Å². The molecule has 156 valence electrons. The average molecular weight is 403 g/mol. The Kier molecular flexibility index (Phi) is 7.73. The van der Waals surface area contributed by atoms with Crippen molar-refractivity contribution in [3.8, 4) is 34.5 Å². The number of benzene rings is 2. The van der Waals surface area contributed by atoms with Crippen molar-refractivity contribution < 1.29 is 33.6 Å². The molecule has 2 aromatic rings. The lowest BCUT2D eigenvalue weighted by Gasteiger charge is -2.13. The minimum absolute atomic E-state index is 0.0352. The second-order valence-electron chi connectivity index (χ2n) is 5.82. The van der Waals surface area contributed by atoms with Crippen LogP contribution in [0.1, 0.15) is 15.9 Å². The van der Waals surface area contributed by atoms with Crippen LogP contribution < -0.4 is 29.0 Å². The first-order valence-corrected chi connectivity index (χ1v) is 8.69. The number of rotatable bonds is 10. The van der Waals surface area contributed by atoms with Crippen molar-refractivity contribution in [2.75, 3.05) is 42.2 Å². The second-order valence-corrected chi connectivity index (χ2v) is 5.82. The third-order valence-corrected chi connectivity index (χ3v) is 4.02. The van der Waals surface area contributed by atoms with E-state index in [2.05, 4.69) is 5.32 Å². The van der Waals surface area contributed by atoms with Crippen molar-refractivity contribution in [3.63, 3.8) is 0 Å². The van der Waals surface area contributed by atoms with E-state index in [9.17, 15) is 9.90 Å². The second kappa shape index (κ2) is 10.2. The van der Waals surface area contributed by atoms with Gasteiger partial charge in [0.15, 0.2) is 17.3 Å². The Morgan fingerprint density at radius 3 is 2.10 bits per heavy atom. The molecule has 0 amide bonds. The van der Waals surface area contributed by atoms with E-state index in [4.69, 9.17) is 23.7 Å². The molecule has 2 rings (SSSR count). The third kappa shape index (κ3) is 5.11. The number of nitrogens with one attached hydrogen (secondary N) is 1. The largest absolute Gasteiger partial charge is 0.507 e. The SMILES string of the molecule is CNCOc1cc(O)c(C(=O)C=Cc2cc(OC)c(OC)c(OC)c2)c(OC)c1. The molecule has 8 nitrogen and oxygen atoms in total. The van der Waals surface area contributed by atoms with E-state index in [1.807, 2.05) is 0 Å². The monoisotopic (exact) mass is 403 g/mol. The zero-order chi connectivity index (χ0) is 21.4. The number of methoxy groups -OCH3 is 4. The lowest BCUT2D eigenvalue weighted by atomic mass is 10.1. The first-order valence-electron chi connectivity index (χ1n) is 8.69. The van der Waals surface area contributed by atoms with Gasteiger partial charge in [-0.05, 0) is 30.8 Å². The highest BCUT2D eigenvalue weighted by Gasteiger charge is 2.18. The van der Waals surface area contributed by atoms with Crippen molar-refractivity contribution in [3.05, 3.63) is 41.5 Å². The van der Waals surface area contributed by atoms with Gasteiger partial charge in [-0.15, -0.1) is 0 Å². The summed E-state index contributed by atoms with van der Waals surface area (Å²) in [7, 11) is 7.67. The Balaban J connectivity index is 2.36. The van der Waals surface area contributed by atoms with Crippen LogP contribution in [-0.4, -0.2) is 53.1 Å². The maximum atomic E-state index is 12.7. The summed E-state index contributed by atoms with van der Waals surface area (Å²) < 4.78 is 26.6. The number of carbonyl (C=O) groups excluding carboxylic acids is 1. The Morgan fingerprint density at radius 1 is 0.966 bits per heavy atom. The number of carbonyl (C=O) groups is 1. The molecule has 0 bridgehead atoms. The van der Waals surface area contributed by atoms with Crippen molar-refractivity contribution in [1.29, 1.82) is 0 Å². The van der Waals surface area contributed by atoms with Crippen molar-refractivity contribution in [2.45, 2.75) is 0 Å². The molecule has 0 saturated heterocycles. The van der Waals surface area contributed by atoms with Crippen LogP contribution in [-0.2, 0) is 0 Å². The van der Waals surface area contributed by atoms with Gasteiger partial charge in [0.2, 0.25) is 5.75 Å². The maximum Gasteiger partial charge on any atom is 0.203 e. The van der Waals surface area contributed by atoms with E-state index in [1.165, 1.54) is 46.6 Å². The molecule has 0 radical (unpaired) electrons. The van der Waals surface area contributed by atoms with Gasteiger partial charge in [-0.2, -0.15) is 0 Å². The van der Waals surface area contributed by atoms with Crippen LogP contribution in [0.3, 0.4) is 0 Å². The van der Waals surface area contributed by atoms with E-state index >= 15 is 0 Å². The molecule has 0 fully saturated rings. The highest BCUT2D eigenvalue weighted by atomic mass is 16.5. The molecule has 0 aromatic heterocycles. The summed E-state index contributed by atoms with van der Waals surface area (Å²) in [5, 5.41) is 13.1.